The molecule has 0 aliphatic rings. The highest BCUT2D eigenvalue weighted by Crippen LogP contribution is 2.10. The van der Waals surface area contributed by atoms with Crippen molar-refractivity contribution >= 4 is 31.9 Å². The van der Waals surface area contributed by atoms with Crippen molar-refractivity contribution in [2.45, 2.75) is 0 Å². The topological polar surface area (TPSA) is 0 Å². The van der Waals surface area contributed by atoms with E-state index in [1.54, 1.807) is 6.08 Å². The summed E-state index contributed by atoms with van der Waals surface area (Å²) in [4.78, 5) is 0. The number of allylic oxidation sites excluding steroid dienone is 1. The van der Waals surface area contributed by atoms with Crippen molar-refractivity contribution < 1.29 is 0 Å². The molecule has 0 saturated heterocycles. The van der Waals surface area contributed by atoms with Crippen molar-refractivity contribution in [3.05, 3.63) is 9.47 Å². The van der Waals surface area contributed by atoms with Crippen LogP contribution >= 0.6 is 31.9 Å². The molecule has 6 heavy (non-hydrogen) atoms. The zero-order chi connectivity index (χ0) is 4.99. The molecule has 32 valence electrons. The van der Waals surface area contributed by atoms with E-state index in [9.17, 15) is 0 Å². The summed E-state index contributed by atoms with van der Waals surface area (Å²) in [6.07, 6.45) is 6.41. The second kappa shape index (κ2) is 3.45. The lowest BCUT2D eigenvalue weighted by Gasteiger charge is -1.67. The summed E-state index contributed by atoms with van der Waals surface area (Å²) in [5.74, 6) is 2.31. The van der Waals surface area contributed by atoms with Crippen LogP contribution in [0.2, 0.25) is 0 Å². The van der Waals surface area contributed by atoms with Crippen LogP contribution in [0.4, 0.5) is 0 Å². The maximum absolute atomic E-state index is 4.84. The summed E-state index contributed by atoms with van der Waals surface area (Å²) in [6.45, 7) is 0. The van der Waals surface area contributed by atoms with Crippen molar-refractivity contribution in [1.82, 2.24) is 0 Å². The predicted octanol–water partition coefficient (Wildman–Crippen LogP) is 2.25. The van der Waals surface area contributed by atoms with E-state index in [0.29, 0.717) is 0 Å². The molecular formula is C4H2Br2. The average molecular weight is 210 g/mol. The van der Waals surface area contributed by atoms with Crippen molar-refractivity contribution in [3.8, 4) is 12.3 Å². The number of halogens is 2. The van der Waals surface area contributed by atoms with Gasteiger partial charge in [0.25, 0.3) is 0 Å². The Hall–Kier alpha value is 0.260. The first-order valence-corrected chi connectivity index (χ1v) is 2.83. The van der Waals surface area contributed by atoms with E-state index < -0.39 is 0 Å². The molecule has 0 fully saturated rings. The molecule has 0 unspecified atom stereocenters. The second-order valence-corrected chi connectivity index (χ2v) is 3.37. The van der Waals surface area contributed by atoms with Crippen LogP contribution in [0.1, 0.15) is 0 Å². The summed E-state index contributed by atoms with van der Waals surface area (Å²) in [7, 11) is 0. The van der Waals surface area contributed by atoms with Crippen molar-refractivity contribution in [3.63, 3.8) is 0 Å². The zero-order valence-electron chi connectivity index (χ0n) is 2.91. The normalized spacial score (nSPS) is 6.17. The quantitative estimate of drug-likeness (QED) is 0.537. The van der Waals surface area contributed by atoms with Crippen LogP contribution in [-0.4, -0.2) is 0 Å². The molecule has 0 rings (SSSR count). The van der Waals surface area contributed by atoms with Gasteiger partial charge < -0.3 is 0 Å². The average Bonchev–Trinajstić information content (AvgIpc) is 1.35. The summed E-state index contributed by atoms with van der Waals surface area (Å²) in [5, 5.41) is 0. The second-order valence-electron chi connectivity index (χ2n) is 0.601. The minimum absolute atomic E-state index is 0.803. The Morgan fingerprint density at radius 1 is 1.67 bits per heavy atom. The Bertz CT molecular complexity index is 92.6. The lowest BCUT2D eigenvalue weighted by Crippen LogP contribution is -1.42. The number of hydrogen-bond donors (Lipinski definition) is 0. The van der Waals surface area contributed by atoms with Gasteiger partial charge in [0, 0.05) is 6.08 Å². The largest absolute Gasteiger partial charge is 0.115 e. The molecule has 0 bridgehead atoms. The van der Waals surface area contributed by atoms with E-state index in [1.165, 1.54) is 0 Å². The molecule has 0 radical (unpaired) electrons. The van der Waals surface area contributed by atoms with E-state index in [0.717, 1.165) is 3.39 Å². The molecule has 0 nitrogen and oxygen atoms in total. The predicted molar refractivity (Wildman–Crippen MR) is 34.8 cm³/mol. The van der Waals surface area contributed by atoms with Crippen LogP contribution in [0, 0.1) is 12.3 Å². The monoisotopic (exact) mass is 208 g/mol. The van der Waals surface area contributed by atoms with Crippen molar-refractivity contribution in [2.24, 2.45) is 0 Å². The van der Waals surface area contributed by atoms with E-state index in [1.807, 2.05) is 0 Å². The van der Waals surface area contributed by atoms with Crippen LogP contribution in [0.25, 0.3) is 0 Å². The number of hydrogen-bond acceptors (Lipinski definition) is 0. The molecule has 0 aromatic carbocycles. The highest BCUT2D eigenvalue weighted by atomic mass is 79.9. The van der Waals surface area contributed by atoms with Gasteiger partial charge >= 0.3 is 0 Å². The van der Waals surface area contributed by atoms with E-state index in [-0.39, 0.29) is 0 Å². The Balaban J connectivity index is 3.51. The summed E-state index contributed by atoms with van der Waals surface area (Å²) >= 11 is 6.14. The molecule has 0 aliphatic heterocycles. The van der Waals surface area contributed by atoms with Crippen molar-refractivity contribution in [1.29, 1.82) is 0 Å². The third kappa shape index (κ3) is 4.26. The molecule has 0 amide bonds. The Labute approximate surface area is 53.9 Å². The van der Waals surface area contributed by atoms with Gasteiger partial charge in [0.05, 0.1) is 3.39 Å². The maximum Gasteiger partial charge on any atom is 0.0687 e. The minimum Gasteiger partial charge on any atom is -0.115 e. The molecule has 0 aromatic rings. The lowest BCUT2D eigenvalue weighted by atomic mass is 10.7. The van der Waals surface area contributed by atoms with Gasteiger partial charge in [-0.3, -0.25) is 0 Å². The van der Waals surface area contributed by atoms with Gasteiger partial charge in [-0.1, -0.05) is 5.92 Å². The van der Waals surface area contributed by atoms with Crippen LogP contribution in [0.5, 0.6) is 0 Å². The summed E-state index contributed by atoms with van der Waals surface area (Å²) in [6, 6.07) is 0. The van der Waals surface area contributed by atoms with E-state index >= 15 is 0 Å². The SMILES string of the molecule is C#CC=C(Br)Br. The number of rotatable bonds is 0. The first-order chi connectivity index (χ1) is 2.77. The lowest BCUT2D eigenvalue weighted by molar-refractivity contribution is 2.27. The fourth-order valence-corrected chi connectivity index (χ4v) is 0.327. The summed E-state index contributed by atoms with van der Waals surface area (Å²) < 4.78 is 0.803. The van der Waals surface area contributed by atoms with Gasteiger partial charge in [-0.25, -0.2) is 0 Å². The Morgan fingerprint density at radius 2 is 2.17 bits per heavy atom. The van der Waals surface area contributed by atoms with Crippen LogP contribution in [0.3, 0.4) is 0 Å². The molecule has 0 heterocycles. The third-order valence-electron chi connectivity index (χ3n) is 0.192. The minimum atomic E-state index is 0.803. The number of terminal acetylenes is 1. The molecular weight excluding hydrogens is 208 g/mol. The van der Waals surface area contributed by atoms with Crippen LogP contribution in [-0.2, 0) is 0 Å². The summed E-state index contributed by atoms with van der Waals surface area (Å²) in [5.41, 5.74) is 0. The van der Waals surface area contributed by atoms with Crippen LogP contribution in [0.15, 0.2) is 9.47 Å². The highest BCUT2D eigenvalue weighted by Gasteiger charge is 1.70. The smallest absolute Gasteiger partial charge is 0.0687 e. The molecule has 0 N–H and O–H groups in total. The van der Waals surface area contributed by atoms with Gasteiger partial charge in [-0.15, -0.1) is 6.42 Å². The first-order valence-electron chi connectivity index (χ1n) is 1.24. The standard InChI is InChI=1S/C4H2Br2/c1-2-3-4(5)6/h1,3H. The third-order valence-corrected chi connectivity index (χ3v) is 0.650. The van der Waals surface area contributed by atoms with Gasteiger partial charge in [0.1, 0.15) is 0 Å². The van der Waals surface area contributed by atoms with Gasteiger partial charge in [0.2, 0.25) is 0 Å². The Kier molecular flexibility index (Phi) is 3.60. The van der Waals surface area contributed by atoms with Gasteiger partial charge in [-0.2, -0.15) is 0 Å². The van der Waals surface area contributed by atoms with Gasteiger partial charge in [0.15, 0.2) is 0 Å². The fourth-order valence-electron chi connectivity index (χ4n) is 0.0630. The van der Waals surface area contributed by atoms with Gasteiger partial charge in [-0.05, 0) is 31.9 Å². The van der Waals surface area contributed by atoms with E-state index in [2.05, 4.69) is 37.8 Å². The molecule has 2 heteroatoms. The fraction of sp³-hybridized carbons (Fsp3) is 0. The Morgan fingerprint density at radius 3 is 2.17 bits per heavy atom. The maximum atomic E-state index is 4.84. The first kappa shape index (κ1) is 6.26. The molecule has 0 aliphatic carbocycles. The zero-order valence-corrected chi connectivity index (χ0v) is 6.08. The molecule has 0 spiro atoms. The van der Waals surface area contributed by atoms with Crippen molar-refractivity contribution in [2.75, 3.05) is 0 Å². The van der Waals surface area contributed by atoms with E-state index in [4.69, 9.17) is 6.42 Å². The molecule has 0 aromatic heterocycles. The molecule has 0 atom stereocenters. The molecule has 0 saturated carbocycles. The van der Waals surface area contributed by atoms with Crippen LogP contribution < -0.4 is 0 Å². The highest BCUT2D eigenvalue weighted by molar-refractivity contribution is 9.28.